The van der Waals surface area contributed by atoms with E-state index >= 15 is 0 Å². The first kappa shape index (κ1) is 24.0. The molecule has 1 amide bonds. The van der Waals surface area contributed by atoms with Gasteiger partial charge in [0.15, 0.2) is 5.76 Å². The van der Waals surface area contributed by atoms with Crippen LogP contribution in [0.2, 0.25) is 0 Å². The Morgan fingerprint density at radius 2 is 1.70 bits per heavy atom. The summed E-state index contributed by atoms with van der Waals surface area (Å²) in [5, 5.41) is 3.00. The third-order valence-electron chi connectivity index (χ3n) is 7.60. The molecule has 1 N–H and O–H groups in total. The topological polar surface area (TPSA) is 54.7 Å². The molecule has 180 valence electrons. The van der Waals surface area contributed by atoms with Crippen LogP contribution < -0.4 is 5.32 Å². The van der Waals surface area contributed by atoms with Crippen molar-refractivity contribution in [1.82, 2.24) is 10.2 Å². The Labute approximate surface area is 198 Å². The van der Waals surface area contributed by atoms with Crippen molar-refractivity contribution in [1.29, 1.82) is 0 Å². The Kier molecular flexibility index (Phi) is 7.01. The van der Waals surface area contributed by atoms with Crippen LogP contribution in [-0.2, 0) is 22.0 Å². The second-order valence-corrected chi connectivity index (χ2v) is 11.1. The molecule has 1 aromatic carbocycles. The molecule has 0 atom stereocenters. The van der Waals surface area contributed by atoms with Gasteiger partial charge in [-0.05, 0) is 77.9 Å². The zero-order valence-corrected chi connectivity index (χ0v) is 21.1. The van der Waals surface area contributed by atoms with Crippen molar-refractivity contribution in [2.45, 2.75) is 71.1 Å². The van der Waals surface area contributed by atoms with Gasteiger partial charge in [-0.15, -0.1) is 0 Å². The maximum absolute atomic E-state index is 12.5. The molecular formula is C28H40N2O3. The molecule has 1 aliphatic carbocycles. The summed E-state index contributed by atoms with van der Waals surface area (Å²) >= 11 is 0. The molecule has 33 heavy (non-hydrogen) atoms. The zero-order chi connectivity index (χ0) is 23.6. The first-order valence-electron chi connectivity index (χ1n) is 12.5. The Morgan fingerprint density at radius 3 is 2.39 bits per heavy atom. The van der Waals surface area contributed by atoms with Crippen LogP contribution in [0, 0.1) is 6.92 Å². The summed E-state index contributed by atoms with van der Waals surface area (Å²) in [5.74, 6) is 1.10. The highest BCUT2D eigenvalue weighted by Gasteiger charge is 2.37. The highest BCUT2D eigenvalue weighted by molar-refractivity contribution is 5.91. The first-order valence-corrected chi connectivity index (χ1v) is 12.5. The van der Waals surface area contributed by atoms with E-state index in [4.69, 9.17) is 9.15 Å². The lowest BCUT2D eigenvalue weighted by Gasteiger charge is -2.42. The van der Waals surface area contributed by atoms with Gasteiger partial charge in [-0.1, -0.05) is 39.8 Å². The molecular weight excluding hydrogens is 412 g/mol. The Bertz CT molecular complexity index is 983. The normalized spacial score (nSPS) is 19.8. The lowest BCUT2D eigenvalue weighted by molar-refractivity contribution is 0.0374. The quantitative estimate of drug-likeness (QED) is 0.602. The lowest BCUT2D eigenvalue weighted by atomic mass is 9.62. The Hall–Kier alpha value is -2.11. The number of hydrogen-bond acceptors (Lipinski definition) is 4. The fourth-order valence-corrected chi connectivity index (χ4v) is 5.16. The smallest absolute Gasteiger partial charge is 0.286 e. The van der Waals surface area contributed by atoms with E-state index in [9.17, 15) is 4.79 Å². The summed E-state index contributed by atoms with van der Waals surface area (Å²) in [6, 6.07) is 8.51. The standard InChI is InChI=1S/C28H40N2O3/c1-20-17-23-24(28(4,5)10-9-27(23,2)3)19-21(20)18-22-7-8-25(33-22)26(31)29-11-6-12-30-13-15-32-16-14-30/h7-8,17,19H,6,9-16,18H2,1-5H3,(H,29,31). The van der Waals surface area contributed by atoms with Gasteiger partial charge in [0, 0.05) is 26.1 Å². The highest BCUT2D eigenvalue weighted by Crippen LogP contribution is 2.46. The fraction of sp³-hybridized carbons (Fsp3) is 0.607. The average Bonchev–Trinajstić information content (AvgIpc) is 3.25. The van der Waals surface area contributed by atoms with Gasteiger partial charge in [0.2, 0.25) is 0 Å². The maximum Gasteiger partial charge on any atom is 0.286 e. The molecule has 2 aliphatic rings. The summed E-state index contributed by atoms with van der Waals surface area (Å²) < 4.78 is 11.3. The molecule has 4 rings (SSSR count). The number of morpholine rings is 1. The van der Waals surface area contributed by atoms with Crippen molar-refractivity contribution in [3.05, 3.63) is 58.0 Å². The molecule has 2 aromatic rings. The summed E-state index contributed by atoms with van der Waals surface area (Å²) in [6.07, 6.45) is 4.06. The molecule has 2 heterocycles. The zero-order valence-electron chi connectivity index (χ0n) is 21.1. The monoisotopic (exact) mass is 452 g/mol. The number of aryl methyl sites for hydroxylation is 1. The van der Waals surface area contributed by atoms with Gasteiger partial charge in [-0.2, -0.15) is 0 Å². The van der Waals surface area contributed by atoms with Crippen LogP contribution in [0.3, 0.4) is 0 Å². The summed E-state index contributed by atoms with van der Waals surface area (Å²) in [7, 11) is 0. The number of nitrogens with one attached hydrogen (secondary N) is 1. The minimum absolute atomic E-state index is 0.131. The molecule has 1 fully saturated rings. The molecule has 0 unspecified atom stereocenters. The van der Waals surface area contributed by atoms with Gasteiger partial charge < -0.3 is 14.5 Å². The molecule has 5 nitrogen and oxygen atoms in total. The number of nitrogens with zero attached hydrogens (tertiary/aromatic N) is 1. The minimum Gasteiger partial charge on any atom is -0.456 e. The van der Waals surface area contributed by atoms with Gasteiger partial charge in [-0.3, -0.25) is 9.69 Å². The van der Waals surface area contributed by atoms with Crippen molar-refractivity contribution in [3.8, 4) is 0 Å². The van der Waals surface area contributed by atoms with Crippen LogP contribution in [-0.4, -0.2) is 50.2 Å². The van der Waals surface area contributed by atoms with E-state index in [1.54, 1.807) is 6.07 Å². The van der Waals surface area contributed by atoms with E-state index in [0.717, 1.165) is 45.0 Å². The third-order valence-corrected chi connectivity index (χ3v) is 7.60. The van der Waals surface area contributed by atoms with Gasteiger partial charge in [-0.25, -0.2) is 0 Å². The molecule has 1 saturated heterocycles. The molecule has 5 heteroatoms. The fourth-order valence-electron chi connectivity index (χ4n) is 5.16. The predicted molar refractivity (Wildman–Crippen MR) is 132 cm³/mol. The van der Waals surface area contributed by atoms with E-state index in [1.165, 1.54) is 35.1 Å². The molecule has 0 bridgehead atoms. The second kappa shape index (κ2) is 9.63. The van der Waals surface area contributed by atoms with Crippen LogP contribution in [0.1, 0.15) is 85.5 Å². The van der Waals surface area contributed by atoms with Gasteiger partial charge in [0.25, 0.3) is 5.91 Å². The number of carbonyl (C=O) groups is 1. The number of fused-ring (bicyclic) bond motifs is 1. The predicted octanol–water partition coefficient (Wildman–Crippen LogP) is 4.98. The number of furan rings is 1. The maximum atomic E-state index is 12.5. The third kappa shape index (κ3) is 5.52. The number of carbonyl (C=O) groups excluding carboxylic acids is 1. The van der Waals surface area contributed by atoms with E-state index in [2.05, 4.69) is 57.0 Å². The van der Waals surface area contributed by atoms with Crippen LogP contribution in [0.5, 0.6) is 0 Å². The number of ether oxygens (including phenoxy) is 1. The van der Waals surface area contributed by atoms with Gasteiger partial charge in [0.1, 0.15) is 5.76 Å². The minimum atomic E-state index is -0.131. The van der Waals surface area contributed by atoms with Crippen molar-refractivity contribution < 1.29 is 13.9 Å². The van der Waals surface area contributed by atoms with Crippen molar-refractivity contribution in [2.75, 3.05) is 39.4 Å². The van der Waals surface area contributed by atoms with Crippen LogP contribution in [0.4, 0.5) is 0 Å². The number of benzene rings is 1. The molecule has 0 spiro atoms. The summed E-state index contributed by atoms with van der Waals surface area (Å²) in [5.41, 5.74) is 5.92. The van der Waals surface area contributed by atoms with Crippen molar-refractivity contribution in [2.24, 2.45) is 0 Å². The van der Waals surface area contributed by atoms with Gasteiger partial charge >= 0.3 is 0 Å². The average molecular weight is 453 g/mol. The first-order chi connectivity index (χ1) is 15.7. The largest absolute Gasteiger partial charge is 0.456 e. The van der Waals surface area contributed by atoms with Crippen molar-refractivity contribution in [3.63, 3.8) is 0 Å². The molecule has 1 aliphatic heterocycles. The number of hydrogen-bond donors (Lipinski definition) is 1. The van der Waals surface area contributed by atoms with E-state index in [0.29, 0.717) is 18.7 Å². The lowest BCUT2D eigenvalue weighted by Crippen LogP contribution is -2.38. The highest BCUT2D eigenvalue weighted by atomic mass is 16.5. The van der Waals surface area contributed by atoms with Crippen molar-refractivity contribution >= 4 is 5.91 Å². The molecule has 0 radical (unpaired) electrons. The molecule has 0 saturated carbocycles. The Morgan fingerprint density at radius 1 is 1.03 bits per heavy atom. The van der Waals surface area contributed by atoms with E-state index in [1.807, 2.05) is 6.07 Å². The van der Waals surface area contributed by atoms with Gasteiger partial charge in [0.05, 0.1) is 13.2 Å². The molecule has 1 aromatic heterocycles. The number of amides is 1. The van der Waals surface area contributed by atoms with Crippen LogP contribution in [0.15, 0.2) is 28.7 Å². The van der Waals surface area contributed by atoms with Crippen LogP contribution >= 0.6 is 0 Å². The number of rotatable bonds is 7. The van der Waals surface area contributed by atoms with E-state index < -0.39 is 0 Å². The summed E-state index contributed by atoms with van der Waals surface area (Å²) in [6.45, 7) is 16.8. The van der Waals surface area contributed by atoms with E-state index in [-0.39, 0.29) is 16.7 Å². The van der Waals surface area contributed by atoms with Crippen LogP contribution in [0.25, 0.3) is 0 Å². The summed E-state index contributed by atoms with van der Waals surface area (Å²) in [4.78, 5) is 14.9. The SMILES string of the molecule is Cc1cc2c(cc1Cc1ccc(C(=O)NCCCN3CCOCC3)o1)C(C)(C)CCC2(C)C. The Balaban J connectivity index is 1.38. The second-order valence-electron chi connectivity index (χ2n) is 11.1.